The highest BCUT2D eigenvalue weighted by molar-refractivity contribution is 7.89. The topological polar surface area (TPSA) is 105 Å². The van der Waals surface area contributed by atoms with E-state index in [9.17, 15) is 13.2 Å². The van der Waals surface area contributed by atoms with Gasteiger partial charge in [0.15, 0.2) is 5.82 Å². The number of hydrogen-bond donors (Lipinski definition) is 1. The molecular formula is C18H18N4O4S2. The van der Waals surface area contributed by atoms with Crippen LogP contribution in [0.3, 0.4) is 0 Å². The van der Waals surface area contributed by atoms with E-state index in [1.807, 2.05) is 17.5 Å². The van der Waals surface area contributed by atoms with E-state index in [0.717, 1.165) is 4.88 Å². The van der Waals surface area contributed by atoms with Crippen LogP contribution in [0, 0.1) is 0 Å². The van der Waals surface area contributed by atoms with Crippen LogP contribution in [-0.2, 0) is 21.2 Å². The van der Waals surface area contributed by atoms with Gasteiger partial charge < -0.3 is 9.84 Å². The Kier molecular flexibility index (Phi) is 5.00. The number of sulfonamides is 1. The van der Waals surface area contributed by atoms with E-state index in [1.165, 1.54) is 23.4 Å². The van der Waals surface area contributed by atoms with Gasteiger partial charge in [0.1, 0.15) is 0 Å². The number of anilines is 1. The molecule has 0 saturated carbocycles. The fraction of sp³-hybridized carbons (Fsp3) is 0.278. The van der Waals surface area contributed by atoms with E-state index in [2.05, 4.69) is 15.5 Å². The van der Waals surface area contributed by atoms with Crippen molar-refractivity contribution in [1.29, 1.82) is 0 Å². The van der Waals surface area contributed by atoms with E-state index in [1.54, 1.807) is 23.5 Å². The van der Waals surface area contributed by atoms with Gasteiger partial charge in [0.05, 0.1) is 10.8 Å². The standard InChI is InChI=1S/C18H18N4O4S2/c1-12(23)19-14-4-6-16(7-5-14)28(24,25)22-10-13(11-22)18-20-17(21-26-18)9-15-3-2-8-27-15/h2-8,13H,9-11H2,1H3,(H,19,23). The molecule has 0 spiro atoms. The molecule has 0 radical (unpaired) electrons. The highest BCUT2D eigenvalue weighted by atomic mass is 32.2. The van der Waals surface area contributed by atoms with Crippen LogP contribution in [0.1, 0.15) is 29.4 Å². The number of nitrogens with zero attached hydrogens (tertiary/aromatic N) is 3. The summed E-state index contributed by atoms with van der Waals surface area (Å²) >= 11 is 1.63. The van der Waals surface area contributed by atoms with Crippen LogP contribution in [0.4, 0.5) is 5.69 Å². The van der Waals surface area contributed by atoms with Crippen LogP contribution >= 0.6 is 11.3 Å². The van der Waals surface area contributed by atoms with Crippen LogP contribution in [0.2, 0.25) is 0 Å². The summed E-state index contributed by atoms with van der Waals surface area (Å²) in [4.78, 5) is 16.8. The average Bonchev–Trinajstić information content (AvgIpc) is 3.26. The summed E-state index contributed by atoms with van der Waals surface area (Å²) < 4.78 is 32.1. The van der Waals surface area contributed by atoms with Crippen molar-refractivity contribution in [2.75, 3.05) is 18.4 Å². The van der Waals surface area contributed by atoms with Crippen LogP contribution in [-0.4, -0.2) is 41.9 Å². The monoisotopic (exact) mass is 418 g/mol. The molecule has 1 saturated heterocycles. The number of carbonyl (C=O) groups excluding carboxylic acids is 1. The molecule has 3 aromatic rings. The first-order chi connectivity index (χ1) is 13.4. The van der Waals surface area contributed by atoms with Gasteiger partial charge in [-0.25, -0.2) is 8.42 Å². The SMILES string of the molecule is CC(=O)Nc1ccc(S(=O)(=O)N2CC(c3nc(Cc4cccs4)no3)C2)cc1. The number of rotatable bonds is 6. The molecule has 1 fully saturated rings. The zero-order valence-electron chi connectivity index (χ0n) is 15.0. The number of aromatic nitrogens is 2. The van der Waals surface area contributed by atoms with Gasteiger partial charge in [-0.3, -0.25) is 4.79 Å². The van der Waals surface area contributed by atoms with Crippen molar-refractivity contribution < 1.29 is 17.7 Å². The molecule has 0 atom stereocenters. The second-order valence-corrected chi connectivity index (χ2v) is 9.50. The smallest absolute Gasteiger partial charge is 0.243 e. The van der Waals surface area contributed by atoms with Crippen molar-refractivity contribution in [3.8, 4) is 0 Å². The Bertz CT molecular complexity index is 1070. The number of hydrogen-bond acceptors (Lipinski definition) is 7. The maximum atomic E-state index is 12.7. The lowest BCUT2D eigenvalue weighted by Gasteiger charge is -2.35. The first-order valence-corrected chi connectivity index (χ1v) is 11.0. The summed E-state index contributed by atoms with van der Waals surface area (Å²) in [6, 6.07) is 10.1. The molecular weight excluding hydrogens is 400 g/mol. The summed E-state index contributed by atoms with van der Waals surface area (Å²) in [6.45, 7) is 2.00. The Balaban J connectivity index is 1.39. The normalized spacial score (nSPS) is 15.3. The minimum absolute atomic E-state index is 0.0991. The molecule has 1 aliphatic heterocycles. The molecule has 1 N–H and O–H groups in total. The van der Waals surface area contributed by atoms with E-state index >= 15 is 0 Å². The van der Waals surface area contributed by atoms with Crippen LogP contribution in [0.15, 0.2) is 51.2 Å². The number of amides is 1. The number of carbonyl (C=O) groups is 1. The third-order valence-corrected chi connectivity index (χ3v) is 7.13. The van der Waals surface area contributed by atoms with Crippen molar-refractivity contribution in [3.63, 3.8) is 0 Å². The minimum atomic E-state index is -3.59. The zero-order chi connectivity index (χ0) is 19.7. The molecule has 4 rings (SSSR count). The summed E-state index contributed by atoms with van der Waals surface area (Å²) in [7, 11) is -3.59. The van der Waals surface area contributed by atoms with Crippen molar-refractivity contribution >= 4 is 33.0 Å². The molecule has 10 heteroatoms. The summed E-state index contributed by atoms with van der Waals surface area (Å²) in [5.74, 6) is 0.767. The molecule has 2 aromatic heterocycles. The number of nitrogens with one attached hydrogen (secondary N) is 1. The van der Waals surface area contributed by atoms with Crippen LogP contribution in [0.5, 0.6) is 0 Å². The minimum Gasteiger partial charge on any atom is -0.339 e. The number of benzene rings is 1. The zero-order valence-corrected chi connectivity index (χ0v) is 16.7. The fourth-order valence-corrected chi connectivity index (χ4v) is 5.16. The maximum absolute atomic E-state index is 12.7. The predicted molar refractivity (Wildman–Crippen MR) is 104 cm³/mol. The van der Waals surface area contributed by atoms with Crippen LogP contribution in [0.25, 0.3) is 0 Å². The van der Waals surface area contributed by atoms with Gasteiger partial charge in [0, 0.05) is 37.0 Å². The maximum Gasteiger partial charge on any atom is 0.243 e. The largest absolute Gasteiger partial charge is 0.339 e. The second kappa shape index (κ2) is 7.46. The molecule has 8 nitrogen and oxygen atoms in total. The second-order valence-electron chi connectivity index (χ2n) is 6.53. The molecule has 0 unspecified atom stereocenters. The molecule has 28 heavy (non-hydrogen) atoms. The molecule has 0 bridgehead atoms. The fourth-order valence-electron chi connectivity index (χ4n) is 2.93. The van der Waals surface area contributed by atoms with Gasteiger partial charge in [0.2, 0.25) is 21.8 Å². The van der Waals surface area contributed by atoms with Crippen molar-refractivity contribution in [2.45, 2.75) is 24.2 Å². The molecule has 0 aliphatic carbocycles. The lowest BCUT2D eigenvalue weighted by atomic mass is 10.0. The molecule has 1 aliphatic rings. The highest BCUT2D eigenvalue weighted by Crippen LogP contribution is 2.31. The third-order valence-electron chi connectivity index (χ3n) is 4.41. The van der Waals surface area contributed by atoms with E-state index in [-0.39, 0.29) is 16.7 Å². The predicted octanol–water partition coefficient (Wildman–Crippen LogP) is 2.47. The van der Waals surface area contributed by atoms with E-state index in [0.29, 0.717) is 36.9 Å². The summed E-state index contributed by atoms with van der Waals surface area (Å²) in [6.07, 6.45) is 0.608. The van der Waals surface area contributed by atoms with Gasteiger partial charge in [-0.2, -0.15) is 9.29 Å². The molecule has 1 aromatic carbocycles. The van der Waals surface area contributed by atoms with Gasteiger partial charge in [-0.1, -0.05) is 11.2 Å². The third kappa shape index (κ3) is 3.84. The Morgan fingerprint density at radius 1 is 1.29 bits per heavy atom. The van der Waals surface area contributed by atoms with Gasteiger partial charge in [0.25, 0.3) is 0 Å². The summed E-state index contributed by atoms with van der Waals surface area (Å²) in [5, 5.41) is 8.60. The van der Waals surface area contributed by atoms with Crippen molar-refractivity contribution in [3.05, 3.63) is 58.4 Å². The first-order valence-electron chi connectivity index (χ1n) is 8.64. The van der Waals surface area contributed by atoms with E-state index < -0.39 is 10.0 Å². The Morgan fingerprint density at radius 3 is 2.68 bits per heavy atom. The molecule has 146 valence electrons. The lowest BCUT2D eigenvalue weighted by molar-refractivity contribution is -0.114. The highest BCUT2D eigenvalue weighted by Gasteiger charge is 2.40. The molecule has 3 heterocycles. The van der Waals surface area contributed by atoms with Crippen molar-refractivity contribution in [1.82, 2.24) is 14.4 Å². The van der Waals surface area contributed by atoms with Gasteiger partial charge in [-0.05, 0) is 35.7 Å². The van der Waals surface area contributed by atoms with Gasteiger partial charge >= 0.3 is 0 Å². The van der Waals surface area contributed by atoms with Crippen molar-refractivity contribution in [2.24, 2.45) is 0 Å². The molecule has 1 amide bonds. The Hall–Kier alpha value is -2.56. The van der Waals surface area contributed by atoms with Crippen LogP contribution < -0.4 is 5.32 Å². The average molecular weight is 419 g/mol. The summed E-state index contributed by atoms with van der Waals surface area (Å²) in [5.41, 5.74) is 0.553. The lowest BCUT2D eigenvalue weighted by Crippen LogP contribution is -2.48. The Labute approximate surface area is 166 Å². The van der Waals surface area contributed by atoms with E-state index in [4.69, 9.17) is 4.52 Å². The Morgan fingerprint density at radius 2 is 2.04 bits per heavy atom. The first kappa shape index (κ1) is 18.8. The quantitative estimate of drug-likeness (QED) is 0.659. The van der Waals surface area contributed by atoms with Gasteiger partial charge in [-0.15, -0.1) is 11.3 Å². The number of thiophene rings is 1.